The number of nitro benzene ring substituents is 1. The number of rotatable bonds is 7. The number of nitrogens with zero attached hydrogens (tertiary/aromatic N) is 2. The Morgan fingerprint density at radius 2 is 2.28 bits per heavy atom. The highest BCUT2D eigenvalue weighted by Crippen LogP contribution is 2.22. The number of thioether (sulfide) groups is 1. The van der Waals surface area contributed by atoms with Gasteiger partial charge in [0.15, 0.2) is 0 Å². The number of hydrogen-bond acceptors (Lipinski definition) is 5. The quantitative estimate of drug-likeness (QED) is 0.465. The van der Waals surface area contributed by atoms with Gasteiger partial charge in [-0.2, -0.15) is 17.0 Å². The molecule has 0 aliphatic heterocycles. The summed E-state index contributed by atoms with van der Waals surface area (Å²) in [5, 5.41) is 22.7. The molecular formula is C12H15N3O2S. The van der Waals surface area contributed by atoms with Crippen LogP contribution in [0, 0.1) is 21.4 Å². The van der Waals surface area contributed by atoms with Gasteiger partial charge >= 0.3 is 0 Å². The summed E-state index contributed by atoms with van der Waals surface area (Å²) in [5.41, 5.74) is 0.629. The molecule has 1 aromatic carbocycles. The number of hydrogen-bond donors (Lipinski definition) is 1. The van der Waals surface area contributed by atoms with E-state index < -0.39 is 4.92 Å². The van der Waals surface area contributed by atoms with Crippen molar-refractivity contribution >= 4 is 23.1 Å². The Morgan fingerprint density at radius 1 is 1.50 bits per heavy atom. The smallest absolute Gasteiger partial charge is 0.289 e. The summed E-state index contributed by atoms with van der Waals surface area (Å²) in [4.78, 5) is 10.2. The van der Waals surface area contributed by atoms with Crippen molar-refractivity contribution in [1.29, 1.82) is 5.26 Å². The van der Waals surface area contributed by atoms with Crippen LogP contribution in [0.5, 0.6) is 0 Å². The van der Waals surface area contributed by atoms with Crippen molar-refractivity contribution in [2.24, 2.45) is 0 Å². The standard InChI is InChI=1S/C12H15N3O2S/c1-18-7-3-2-6-14-11-5-4-10(9-13)12(8-11)15(16)17/h4-5,8,14H,2-3,6-7H2,1H3. The first-order valence-electron chi connectivity index (χ1n) is 5.60. The van der Waals surface area contributed by atoms with Crippen molar-refractivity contribution in [3.05, 3.63) is 33.9 Å². The van der Waals surface area contributed by atoms with Crippen LogP contribution in [0.15, 0.2) is 18.2 Å². The van der Waals surface area contributed by atoms with Crippen molar-refractivity contribution in [2.75, 3.05) is 23.9 Å². The number of anilines is 1. The van der Waals surface area contributed by atoms with Crippen LogP contribution in [0.25, 0.3) is 0 Å². The molecule has 0 fully saturated rings. The average molecular weight is 265 g/mol. The Hall–Kier alpha value is -1.74. The predicted molar refractivity (Wildman–Crippen MR) is 73.9 cm³/mol. The summed E-state index contributed by atoms with van der Waals surface area (Å²) >= 11 is 1.81. The van der Waals surface area contributed by atoms with Gasteiger partial charge in [-0.1, -0.05) is 0 Å². The van der Waals surface area contributed by atoms with Crippen LogP contribution >= 0.6 is 11.8 Å². The van der Waals surface area contributed by atoms with Crippen molar-refractivity contribution in [3.8, 4) is 6.07 Å². The van der Waals surface area contributed by atoms with Gasteiger partial charge in [0.2, 0.25) is 0 Å². The van der Waals surface area contributed by atoms with E-state index in [1.54, 1.807) is 17.8 Å². The summed E-state index contributed by atoms with van der Waals surface area (Å²) in [7, 11) is 0. The highest BCUT2D eigenvalue weighted by molar-refractivity contribution is 7.98. The van der Waals surface area contributed by atoms with Crippen molar-refractivity contribution in [1.82, 2.24) is 0 Å². The maximum Gasteiger partial charge on any atom is 0.289 e. The van der Waals surface area contributed by atoms with Crippen molar-refractivity contribution in [3.63, 3.8) is 0 Å². The minimum absolute atomic E-state index is 0.0907. The molecule has 0 aromatic heterocycles. The molecule has 0 aliphatic carbocycles. The van der Waals surface area contributed by atoms with Crippen LogP contribution in [-0.4, -0.2) is 23.5 Å². The number of benzene rings is 1. The first-order chi connectivity index (χ1) is 8.69. The monoisotopic (exact) mass is 265 g/mol. The SMILES string of the molecule is CSCCCCNc1ccc(C#N)c([N+](=O)[O-])c1. The molecule has 6 heteroatoms. The summed E-state index contributed by atoms with van der Waals surface area (Å²) in [5.74, 6) is 1.12. The summed E-state index contributed by atoms with van der Waals surface area (Å²) in [6, 6.07) is 6.39. The molecule has 0 aliphatic rings. The normalized spacial score (nSPS) is 9.78. The fourth-order valence-electron chi connectivity index (χ4n) is 1.49. The van der Waals surface area contributed by atoms with Gasteiger partial charge in [-0.25, -0.2) is 0 Å². The van der Waals surface area contributed by atoms with E-state index in [1.807, 2.05) is 6.07 Å². The lowest BCUT2D eigenvalue weighted by Gasteiger charge is -2.06. The first-order valence-corrected chi connectivity index (χ1v) is 6.99. The van der Waals surface area contributed by atoms with Gasteiger partial charge in [-0.3, -0.25) is 10.1 Å². The van der Waals surface area contributed by atoms with Crippen LogP contribution in [0.4, 0.5) is 11.4 Å². The molecular weight excluding hydrogens is 250 g/mol. The first kappa shape index (κ1) is 14.3. The fraction of sp³-hybridized carbons (Fsp3) is 0.417. The molecule has 18 heavy (non-hydrogen) atoms. The van der Waals surface area contributed by atoms with Gasteiger partial charge < -0.3 is 5.32 Å². The van der Waals surface area contributed by atoms with Crippen LogP contribution < -0.4 is 5.32 Å². The molecule has 1 aromatic rings. The Kier molecular flexibility index (Phi) is 6.01. The van der Waals surface area contributed by atoms with Crippen molar-refractivity contribution in [2.45, 2.75) is 12.8 Å². The molecule has 0 spiro atoms. The molecule has 5 nitrogen and oxygen atoms in total. The van der Waals surface area contributed by atoms with Crippen LogP contribution in [-0.2, 0) is 0 Å². The molecule has 0 heterocycles. The van der Waals surface area contributed by atoms with Gasteiger partial charge in [0.1, 0.15) is 11.6 Å². The third-order valence-corrected chi connectivity index (χ3v) is 3.12. The Bertz CT molecular complexity index is 457. The Morgan fingerprint density at radius 3 is 2.89 bits per heavy atom. The summed E-state index contributed by atoms with van der Waals surface area (Å²) < 4.78 is 0. The second kappa shape index (κ2) is 7.56. The van der Waals surface area contributed by atoms with E-state index in [1.165, 1.54) is 12.1 Å². The summed E-state index contributed by atoms with van der Waals surface area (Å²) in [6.07, 6.45) is 4.21. The third kappa shape index (κ3) is 4.26. The Labute approximate surface area is 110 Å². The summed E-state index contributed by atoms with van der Waals surface area (Å²) in [6.45, 7) is 0.781. The van der Waals surface area contributed by atoms with E-state index in [4.69, 9.17) is 5.26 Å². The third-order valence-electron chi connectivity index (χ3n) is 2.42. The molecule has 0 unspecified atom stereocenters. The van der Waals surface area contributed by atoms with E-state index >= 15 is 0 Å². The van der Waals surface area contributed by atoms with E-state index in [0.717, 1.165) is 25.1 Å². The molecule has 0 atom stereocenters. The lowest BCUT2D eigenvalue weighted by atomic mass is 10.2. The molecule has 1 N–H and O–H groups in total. The molecule has 0 saturated heterocycles. The van der Waals surface area contributed by atoms with E-state index in [-0.39, 0.29) is 11.3 Å². The highest BCUT2D eigenvalue weighted by Gasteiger charge is 2.13. The topological polar surface area (TPSA) is 79.0 Å². The molecule has 0 bridgehead atoms. The second-order valence-electron chi connectivity index (χ2n) is 3.73. The van der Waals surface area contributed by atoms with Gasteiger partial charge in [-0.05, 0) is 37.0 Å². The van der Waals surface area contributed by atoms with Gasteiger partial charge in [0.25, 0.3) is 5.69 Å². The van der Waals surface area contributed by atoms with Crippen LogP contribution in [0.3, 0.4) is 0 Å². The maximum atomic E-state index is 10.8. The fourth-order valence-corrected chi connectivity index (χ4v) is 1.98. The predicted octanol–water partition coefficient (Wildman–Crippen LogP) is 3.02. The van der Waals surface area contributed by atoms with Crippen LogP contribution in [0.1, 0.15) is 18.4 Å². The van der Waals surface area contributed by atoms with Gasteiger partial charge in [0, 0.05) is 18.3 Å². The lowest BCUT2D eigenvalue weighted by Crippen LogP contribution is -2.03. The largest absolute Gasteiger partial charge is 0.385 e. The van der Waals surface area contributed by atoms with E-state index in [0.29, 0.717) is 5.69 Å². The number of nitro groups is 1. The second-order valence-corrected chi connectivity index (χ2v) is 4.71. The Balaban J connectivity index is 2.60. The molecule has 0 saturated carbocycles. The van der Waals surface area contributed by atoms with E-state index in [9.17, 15) is 10.1 Å². The molecule has 1 rings (SSSR count). The maximum absolute atomic E-state index is 10.8. The zero-order valence-electron chi connectivity index (χ0n) is 10.2. The van der Waals surface area contributed by atoms with Gasteiger partial charge in [-0.15, -0.1) is 0 Å². The average Bonchev–Trinajstić information content (AvgIpc) is 2.38. The van der Waals surface area contributed by atoms with Crippen molar-refractivity contribution < 1.29 is 4.92 Å². The molecule has 0 radical (unpaired) electrons. The minimum atomic E-state index is -0.530. The highest BCUT2D eigenvalue weighted by atomic mass is 32.2. The van der Waals surface area contributed by atoms with E-state index in [2.05, 4.69) is 11.6 Å². The van der Waals surface area contributed by atoms with Crippen LogP contribution in [0.2, 0.25) is 0 Å². The zero-order valence-corrected chi connectivity index (χ0v) is 11.0. The zero-order chi connectivity index (χ0) is 13.4. The minimum Gasteiger partial charge on any atom is -0.385 e. The lowest BCUT2D eigenvalue weighted by molar-refractivity contribution is -0.385. The molecule has 0 amide bonds. The molecule has 96 valence electrons. The number of nitriles is 1. The number of nitrogens with one attached hydrogen (secondary N) is 1. The number of unbranched alkanes of at least 4 members (excludes halogenated alkanes) is 1. The van der Waals surface area contributed by atoms with Gasteiger partial charge in [0.05, 0.1) is 4.92 Å².